The molecule has 2 N–H and O–H groups in total. The number of nitrogen functional groups attached to an aromatic ring is 1. The summed E-state index contributed by atoms with van der Waals surface area (Å²) in [5.74, 6) is 0.991. The van der Waals surface area contributed by atoms with Crippen LogP contribution in [0.25, 0.3) is 22.4 Å². The normalized spacial score (nSPS) is 10.9. The molecule has 3 rings (SSSR count). The van der Waals surface area contributed by atoms with Gasteiger partial charge in [0.25, 0.3) is 0 Å². The zero-order valence-corrected chi connectivity index (χ0v) is 11.2. The zero-order chi connectivity index (χ0) is 14.3. The Morgan fingerprint density at radius 3 is 2.70 bits per heavy atom. The number of hydrogen-bond acceptors (Lipinski definition) is 3. The minimum atomic E-state index is -0.438. The predicted octanol–water partition coefficient (Wildman–Crippen LogP) is 2.97. The van der Waals surface area contributed by atoms with E-state index in [1.54, 1.807) is 19.2 Å². The average molecular weight is 271 g/mol. The second kappa shape index (κ2) is 4.52. The van der Waals surface area contributed by atoms with Crippen molar-refractivity contribution in [3.63, 3.8) is 0 Å². The van der Waals surface area contributed by atoms with E-state index in [4.69, 9.17) is 10.5 Å². The lowest BCUT2D eigenvalue weighted by Crippen LogP contribution is -1.95. The number of methoxy groups -OCH3 is 1. The molecule has 20 heavy (non-hydrogen) atoms. The van der Waals surface area contributed by atoms with E-state index < -0.39 is 5.82 Å². The predicted molar refractivity (Wildman–Crippen MR) is 77.1 cm³/mol. The quantitative estimate of drug-likeness (QED) is 0.729. The maximum Gasteiger partial charge on any atom is 0.146 e. The van der Waals surface area contributed by atoms with Crippen LogP contribution in [0.4, 0.5) is 10.1 Å². The summed E-state index contributed by atoms with van der Waals surface area (Å²) in [7, 11) is 3.51. The Hall–Kier alpha value is -2.56. The second-order valence-corrected chi connectivity index (χ2v) is 4.59. The van der Waals surface area contributed by atoms with Crippen LogP contribution in [0, 0.1) is 5.82 Å². The molecule has 0 aliphatic rings. The molecule has 0 fully saturated rings. The third kappa shape index (κ3) is 1.87. The SMILES string of the molecule is COc1ccc2c(c1)nc(-c1ccc(N)c(F)c1)n2C. The van der Waals surface area contributed by atoms with Crippen molar-refractivity contribution < 1.29 is 9.13 Å². The molecule has 0 atom stereocenters. The number of rotatable bonds is 2. The van der Waals surface area contributed by atoms with E-state index in [0.717, 1.165) is 16.8 Å². The fourth-order valence-electron chi connectivity index (χ4n) is 2.23. The first kappa shape index (κ1) is 12.5. The molecule has 0 radical (unpaired) electrons. The number of anilines is 1. The molecule has 4 nitrogen and oxygen atoms in total. The molecule has 1 heterocycles. The van der Waals surface area contributed by atoms with Crippen molar-refractivity contribution in [1.82, 2.24) is 9.55 Å². The third-order valence-electron chi connectivity index (χ3n) is 3.35. The number of fused-ring (bicyclic) bond motifs is 1. The van der Waals surface area contributed by atoms with E-state index >= 15 is 0 Å². The number of halogens is 1. The number of imidazole rings is 1. The molecular formula is C15H14FN3O. The minimum absolute atomic E-state index is 0.134. The first-order valence-electron chi connectivity index (χ1n) is 6.16. The maximum atomic E-state index is 13.6. The van der Waals surface area contributed by atoms with Gasteiger partial charge in [0.2, 0.25) is 0 Å². The van der Waals surface area contributed by atoms with Crippen LogP contribution >= 0.6 is 0 Å². The van der Waals surface area contributed by atoms with Gasteiger partial charge in [-0.25, -0.2) is 9.37 Å². The van der Waals surface area contributed by atoms with E-state index in [0.29, 0.717) is 11.4 Å². The Labute approximate surface area is 115 Å². The van der Waals surface area contributed by atoms with Crippen LogP contribution in [0.3, 0.4) is 0 Å². The Kier molecular flexibility index (Phi) is 2.82. The molecule has 1 aromatic heterocycles. The number of benzene rings is 2. The monoisotopic (exact) mass is 271 g/mol. The van der Waals surface area contributed by atoms with Crippen LogP contribution in [0.15, 0.2) is 36.4 Å². The number of aromatic nitrogens is 2. The highest BCUT2D eigenvalue weighted by molar-refractivity contribution is 5.82. The molecular weight excluding hydrogens is 257 g/mol. The van der Waals surface area contributed by atoms with Gasteiger partial charge in [0.05, 0.1) is 23.8 Å². The zero-order valence-electron chi connectivity index (χ0n) is 11.2. The van der Waals surface area contributed by atoms with Gasteiger partial charge >= 0.3 is 0 Å². The molecule has 0 unspecified atom stereocenters. The summed E-state index contributed by atoms with van der Waals surface area (Å²) in [5, 5.41) is 0. The first-order chi connectivity index (χ1) is 9.60. The van der Waals surface area contributed by atoms with Crippen molar-refractivity contribution in [3.8, 4) is 17.1 Å². The van der Waals surface area contributed by atoms with Crippen LogP contribution in [0.5, 0.6) is 5.75 Å². The Morgan fingerprint density at radius 2 is 2.00 bits per heavy atom. The van der Waals surface area contributed by atoms with E-state index in [-0.39, 0.29) is 5.69 Å². The number of nitrogens with zero attached hydrogens (tertiary/aromatic N) is 2. The number of nitrogens with two attached hydrogens (primary N) is 1. The minimum Gasteiger partial charge on any atom is -0.497 e. The molecule has 3 aromatic rings. The number of aryl methyl sites for hydroxylation is 1. The van der Waals surface area contributed by atoms with Gasteiger partial charge in [-0.1, -0.05) is 0 Å². The average Bonchev–Trinajstić information content (AvgIpc) is 2.78. The van der Waals surface area contributed by atoms with Crippen LogP contribution in [-0.4, -0.2) is 16.7 Å². The Balaban J connectivity index is 2.20. The van der Waals surface area contributed by atoms with Gasteiger partial charge < -0.3 is 15.0 Å². The lowest BCUT2D eigenvalue weighted by molar-refractivity contribution is 0.415. The van der Waals surface area contributed by atoms with Gasteiger partial charge in [-0.2, -0.15) is 0 Å². The molecule has 0 spiro atoms. The lowest BCUT2D eigenvalue weighted by Gasteiger charge is -2.04. The number of ether oxygens (including phenoxy) is 1. The molecule has 0 aliphatic heterocycles. The van der Waals surface area contributed by atoms with Crippen LogP contribution in [0.2, 0.25) is 0 Å². The second-order valence-electron chi connectivity index (χ2n) is 4.59. The highest BCUT2D eigenvalue weighted by atomic mass is 19.1. The fourth-order valence-corrected chi connectivity index (χ4v) is 2.23. The van der Waals surface area contributed by atoms with Crippen molar-refractivity contribution in [1.29, 1.82) is 0 Å². The standard InChI is InChI=1S/C15H14FN3O/c1-19-14-6-4-10(20-2)8-13(14)18-15(19)9-3-5-12(17)11(16)7-9/h3-8H,17H2,1-2H3. The highest BCUT2D eigenvalue weighted by Crippen LogP contribution is 2.27. The Morgan fingerprint density at radius 1 is 1.20 bits per heavy atom. The third-order valence-corrected chi connectivity index (χ3v) is 3.35. The van der Waals surface area contributed by atoms with Gasteiger partial charge in [-0.3, -0.25) is 0 Å². The summed E-state index contributed by atoms with van der Waals surface area (Å²) in [6.07, 6.45) is 0. The van der Waals surface area contributed by atoms with Gasteiger partial charge in [-0.15, -0.1) is 0 Å². The van der Waals surface area contributed by atoms with E-state index in [1.165, 1.54) is 6.07 Å². The molecule has 0 saturated heterocycles. The summed E-state index contributed by atoms with van der Waals surface area (Å²) >= 11 is 0. The van der Waals surface area contributed by atoms with Gasteiger partial charge in [0, 0.05) is 18.7 Å². The van der Waals surface area contributed by atoms with Crippen molar-refractivity contribution in [2.45, 2.75) is 0 Å². The molecule has 0 bridgehead atoms. The summed E-state index contributed by atoms with van der Waals surface area (Å²) < 4.78 is 20.7. The smallest absolute Gasteiger partial charge is 0.146 e. The summed E-state index contributed by atoms with van der Waals surface area (Å²) in [5.41, 5.74) is 8.08. The summed E-state index contributed by atoms with van der Waals surface area (Å²) in [6.45, 7) is 0. The van der Waals surface area contributed by atoms with Crippen LogP contribution in [-0.2, 0) is 7.05 Å². The molecule has 102 valence electrons. The van der Waals surface area contributed by atoms with E-state index in [2.05, 4.69) is 4.98 Å². The Bertz CT molecular complexity index is 795. The molecule has 5 heteroatoms. The fraction of sp³-hybridized carbons (Fsp3) is 0.133. The van der Waals surface area contributed by atoms with Crippen molar-refractivity contribution in [2.24, 2.45) is 7.05 Å². The highest BCUT2D eigenvalue weighted by Gasteiger charge is 2.12. The molecule has 2 aromatic carbocycles. The van der Waals surface area contributed by atoms with E-state index in [1.807, 2.05) is 29.8 Å². The number of hydrogen-bond donors (Lipinski definition) is 1. The van der Waals surface area contributed by atoms with Crippen LogP contribution in [0.1, 0.15) is 0 Å². The van der Waals surface area contributed by atoms with Gasteiger partial charge in [0.15, 0.2) is 0 Å². The first-order valence-corrected chi connectivity index (χ1v) is 6.16. The van der Waals surface area contributed by atoms with Gasteiger partial charge in [0.1, 0.15) is 17.4 Å². The maximum absolute atomic E-state index is 13.6. The summed E-state index contributed by atoms with van der Waals surface area (Å²) in [6, 6.07) is 10.4. The largest absolute Gasteiger partial charge is 0.497 e. The van der Waals surface area contributed by atoms with Crippen LogP contribution < -0.4 is 10.5 Å². The van der Waals surface area contributed by atoms with E-state index in [9.17, 15) is 4.39 Å². The lowest BCUT2D eigenvalue weighted by atomic mass is 10.2. The van der Waals surface area contributed by atoms with Crippen molar-refractivity contribution in [2.75, 3.05) is 12.8 Å². The topological polar surface area (TPSA) is 53.1 Å². The molecule has 0 saturated carbocycles. The van der Waals surface area contributed by atoms with Crippen molar-refractivity contribution in [3.05, 3.63) is 42.2 Å². The summed E-state index contributed by atoms with van der Waals surface area (Å²) in [4.78, 5) is 4.54. The molecule has 0 aliphatic carbocycles. The van der Waals surface area contributed by atoms with Crippen molar-refractivity contribution >= 4 is 16.7 Å². The molecule has 0 amide bonds. The van der Waals surface area contributed by atoms with Gasteiger partial charge in [-0.05, 0) is 30.3 Å².